The Morgan fingerprint density at radius 2 is 1.56 bits per heavy atom. The first-order chi connectivity index (χ1) is 13.2. The smallest absolute Gasteiger partial charge is 0.272 e. The maximum absolute atomic E-state index is 13.0. The Bertz CT molecular complexity index is 841. The van der Waals surface area contributed by atoms with E-state index in [-0.39, 0.29) is 11.8 Å². The van der Waals surface area contributed by atoms with Gasteiger partial charge in [0.15, 0.2) is 0 Å². The zero-order valence-electron chi connectivity index (χ0n) is 15.6. The molecule has 0 radical (unpaired) electrons. The maximum Gasteiger partial charge on any atom is 0.272 e. The van der Waals surface area contributed by atoms with Crippen LogP contribution in [0.5, 0.6) is 0 Å². The lowest BCUT2D eigenvalue weighted by atomic mass is 9.99. The predicted molar refractivity (Wildman–Crippen MR) is 103 cm³/mol. The van der Waals surface area contributed by atoms with Crippen LogP contribution in [0.2, 0.25) is 0 Å². The molecule has 2 aliphatic rings. The monoisotopic (exact) mass is 363 g/mol. The van der Waals surface area contributed by atoms with Gasteiger partial charge >= 0.3 is 0 Å². The fourth-order valence-electron chi connectivity index (χ4n) is 3.97. The third-order valence-electron chi connectivity index (χ3n) is 5.54. The number of hydrogen-bond acceptors (Lipinski definition) is 3. The van der Waals surface area contributed by atoms with Gasteiger partial charge in [0.2, 0.25) is 0 Å². The van der Waals surface area contributed by atoms with Crippen LogP contribution >= 0.6 is 0 Å². The van der Waals surface area contributed by atoms with Crippen LogP contribution in [0, 0.1) is 0 Å². The molecule has 2 aromatic rings. The van der Waals surface area contributed by atoms with Crippen molar-refractivity contribution in [1.29, 1.82) is 0 Å². The zero-order chi connectivity index (χ0) is 18.6. The summed E-state index contributed by atoms with van der Waals surface area (Å²) >= 11 is 0. The van der Waals surface area contributed by atoms with Crippen LogP contribution in [-0.4, -0.2) is 46.2 Å². The number of pyridine rings is 1. The van der Waals surface area contributed by atoms with Crippen LogP contribution in [0.25, 0.3) is 0 Å². The van der Waals surface area contributed by atoms with Crippen molar-refractivity contribution in [3.05, 3.63) is 65.0 Å². The van der Waals surface area contributed by atoms with Crippen molar-refractivity contribution >= 4 is 11.8 Å². The van der Waals surface area contributed by atoms with E-state index in [9.17, 15) is 9.59 Å². The molecule has 0 bridgehead atoms. The third kappa shape index (κ3) is 3.87. The highest BCUT2D eigenvalue weighted by atomic mass is 16.2. The highest BCUT2D eigenvalue weighted by Gasteiger charge is 2.24. The first kappa shape index (κ1) is 17.7. The number of rotatable bonds is 2. The van der Waals surface area contributed by atoms with E-state index in [0.29, 0.717) is 24.3 Å². The van der Waals surface area contributed by atoms with Crippen molar-refractivity contribution in [3.63, 3.8) is 0 Å². The Morgan fingerprint density at radius 3 is 2.33 bits per heavy atom. The van der Waals surface area contributed by atoms with Gasteiger partial charge in [-0.15, -0.1) is 0 Å². The molecule has 27 heavy (non-hydrogen) atoms. The van der Waals surface area contributed by atoms with Gasteiger partial charge in [-0.2, -0.15) is 0 Å². The number of amides is 2. The highest BCUT2D eigenvalue weighted by Crippen LogP contribution is 2.20. The zero-order valence-corrected chi connectivity index (χ0v) is 15.6. The maximum atomic E-state index is 13.0. The quantitative estimate of drug-likeness (QED) is 0.823. The summed E-state index contributed by atoms with van der Waals surface area (Å²) in [5.41, 5.74) is 3.41. The molecule has 2 amide bonds. The second-order valence-electron chi connectivity index (χ2n) is 7.38. The van der Waals surface area contributed by atoms with Crippen molar-refractivity contribution in [3.8, 4) is 0 Å². The first-order valence-electron chi connectivity index (χ1n) is 9.84. The molecule has 1 fully saturated rings. The van der Waals surface area contributed by atoms with Crippen molar-refractivity contribution in [2.24, 2.45) is 0 Å². The van der Waals surface area contributed by atoms with Crippen LogP contribution in [0.3, 0.4) is 0 Å². The number of carbonyl (C=O) groups is 2. The SMILES string of the molecule is O=C(c1ccnc(C(=O)N2CCc3ccccc3C2)c1)N1CCCCCC1. The summed E-state index contributed by atoms with van der Waals surface area (Å²) in [6, 6.07) is 11.6. The van der Waals surface area contributed by atoms with Crippen molar-refractivity contribution < 1.29 is 9.59 Å². The predicted octanol–water partition coefficient (Wildman–Crippen LogP) is 3.30. The van der Waals surface area contributed by atoms with E-state index in [4.69, 9.17) is 0 Å². The van der Waals surface area contributed by atoms with E-state index in [0.717, 1.165) is 32.4 Å². The third-order valence-corrected chi connectivity index (χ3v) is 5.54. The first-order valence-corrected chi connectivity index (χ1v) is 9.84. The molecule has 1 aromatic carbocycles. The van der Waals surface area contributed by atoms with Crippen LogP contribution in [0.1, 0.15) is 57.7 Å². The standard InChI is InChI=1S/C22H25N3O2/c26-21(24-12-5-1-2-6-13-24)18-9-11-23-20(15-18)22(27)25-14-10-17-7-3-4-8-19(17)16-25/h3-4,7-9,11,15H,1-2,5-6,10,12-14,16H2. The summed E-state index contributed by atoms with van der Waals surface area (Å²) < 4.78 is 0. The number of aromatic nitrogens is 1. The van der Waals surface area contributed by atoms with E-state index in [1.54, 1.807) is 18.3 Å². The summed E-state index contributed by atoms with van der Waals surface area (Å²) in [7, 11) is 0. The number of fused-ring (bicyclic) bond motifs is 1. The molecule has 1 aromatic heterocycles. The molecule has 5 nitrogen and oxygen atoms in total. The topological polar surface area (TPSA) is 53.5 Å². The van der Waals surface area contributed by atoms with E-state index < -0.39 is 0 Å². The molecule has 0 unspecified atom stereocenters. The lowest BCUT2D eigenvalue weighted by molar-refractivity contribution is 0.0728. The average molecular weight is 363 g/mol. The highest BCUT2D eigenvalue weighted by molar-refractivity contribution is 5.98. The van der Waals surface area contributed by atoms with Crippen LogP contribution in [0.15, 0.2) is 42.6 Å². The van der Waals surface area contributed by atoms with E-state index in [1.807, 2.05) is 21.9 Å². The Morgan fingerprint density at radius 1 is 0.815 bits per heavy atom. The largest absolute Gasteiger partial charge is 0.339 e. The Hall–Kier alpha value is -2.69. The van der Waals surface area contributed by atoms with Crippen LogP contribution < -0.4 is 0 Å². The number of nitrogens with zero attached hydrogens (tertiary/aromatic N) is 3. The number of hydrogen-bond donors (Lipinski definition) is 0. The molecule has 1 saturated heterocycles. The van der Waals surface area contributed by atoms with Crippen molar-refractivity contribution in [2.45, 2.75) is 38.6 Å². The van der Waals surface area contributed by atoms with Gasteiger partial charge in [-0.25, -0.2) is 0 Å². The van der Waals surface area contributed by atoms with Crippen molar-refractivity contribution in [2.75, 3.05) is 19.6 Å². The normalized spacial score (nSPS) is 17.2. The summed E-state index contributed by atoms with van der Waals surface area (Å²) in [6.07, 6.45) is 6.90. The second kappa shape index (κ2) is 7.91. The Balaban J connectivity index is 1.50. The van der Waals surface area contributed by atoms with E-state index >= 15 is 0 Å². The number of benzene rings is 1. The van der Waals surface area contributed by atoms with Gasteiger partial charge in [0.25, 0.3) is 11.8 Å². The van der Waals surface area contributed by atoms with Gasteiger partial charge in [0.05, 0.1) is 0 Å². The van der Waals surface area contributed by atoms with Gasteiger partial charge in [-0.3, -0.25) is 14.6 Å². The molecule has 0 spiro atoms. The number of likely N-dealkylation sites (tertiary alicyclic amines) is 1. The molecule has 4 rings (SSSR count). The summed E-state index contributed by atoms with van der Waals surface area (Å²) in [6.45, 7) is 2.88. The molecule has 2 aliphatic heterocycles. The van der Waals surface area contributed by atoms with Crippen molar-refractivity contribution in [1.82, 2.24) is 14.8 Å². The summed E-state index contributed by atoms with van der Waals surface area (Å²) in [5.74, 6) is -0.0904. The van der Waals surface area contributed by atoms with Gasteiger partial charge in [-0.05, 0) is 42.5 Å². The molecule has 5 heteroatoms. The molecule has 0 saturated carbocycles. The fraction of sp³-hybridized carbons (Fsp3) is 0.409. The minimum absolute atomic E-state index is 0.0114. The van der Waals surface area contributed by atoms with Gasteiger partial charge in [0, 0.05) is 37.9 Å². The summed E-state index contributed by atoms with van der Waals surface area (Å²) in [4.78, 5) is 33.8. The van der Waals surface area contributed by atoms with E-state index in [2.05, 4.69) is 17.1 Å². The van der Waals surface area contributed by atoms with Crippen LogP contribution in [0.4, 0.5) is 0 Å². The minimum Gasteiger partial charge on any atom is -0.339 e. The molecule has 0 aliphatic carbocycles. The molecule has 0 atom stereocenters. The summed E-state index contributed by atoms with van der Waals surface area (Å²) in [5, 5.41) is 0. The fourth-order valence-corrected chi connectivity index (χ4v) is 3.97. The van der Waals surface area contributed by atoms with Gasteiger partial charge in [-0.1, -0.05) is 37.1 Å². The van der Waals surface area contributed by atoms with E-state index in [1.165, 1.54) is 24.0 Å². The molecule has 3 heterocycles. The Labute approximate surface area is 160 Å². The molecule has 140 valence electrons. The average Bonchev–Trinajstić information content (AvgIpc) is 3.02. The Kier molecular flexibility index (Phi) is 5.19. The molecular formula is C22H25N3O2. The van der Waals surface area contributed by atoms with Gasteiger partial charge < -0.3 is 9.80 Å². The minimum atomic E-state index is -0.102. The van der Waals surface area contributed by atoms with Gasteiger partial charge in [0.1, 0.15) is 5.69 Å². The second-order valence-corrected chi connectivity index (χ2v) is 7.38. The lowest BCUT2D eigenvalue weighted by Gasteiger charge is -2.28. The number of carbonyl (C=O) groups excluding carboxylic acids is 2. The molecule has 0 N–H and O–H groups in total. The lowest BCUT2D eigenvalue weighted by Crippen LogP contribution is -2.36. The molecular weight excluding hydrogens is 338 g/mol. The van der Waals surface area contributed by atoms with Crippen LogP contribution in [-0.2, 0) is 13.0 Å².